The van der Waals surface area contributed by atoms with E-state index in [9.17, 15) is 10.1 Å². The van der Waals surface area contributed by atoms with Gasteiger partial charge in [0.05, 0.1) is 10.8 Å². The second kappa shape index (κ2) is 7.97. The van der Waals surface area contributed by atoms with E-state index in [0.717, 1.165) is 46.5 Å². The van der Waals surface area contributed by atoms with Crippen LogP contribution in [0.4, 0.5) is 5.00 Å². The van der Waals surface area contributed by atoms with Crippen molar-refractivity contribution in [1.29, 1.82) is 5.26 Å². The standard InChI is InChI=1S/C19H18N4OS3/c1-11(26-18-13-7-8-25-17(13)21-10-22-18)16(24)23-19-14(9-20)12-5-3-2-4-6-15(12)27-19/h7-8,10-11H,2-6H2,1H3,(H,23,24). The van der Waals surface area contributed by atoms with Crippen LogP contribution >= 0.6 is 34.4 Å². The van der Waals surface area contributed by atoms with Crippen LogP contribution < -0.4 is 5.32 Å². The topological polar surface area (TPSA) is 78.7 Å². The third-order valence-corrected chi connectivity index (χ3v) is 7.80. The lowest BCUT2D eigenvalue weighted by molar-refractivity contribution is -0.115. The second-order valence-electron chi connectivity index (χ2n) is 6.45. The first-order valence-corrected chi connectivity index (χ1v) is 11.5. The summed E-state index contributed by atoms with van der Waals surface area (Å²) >= 11 is 4.55. The van der Waals surface area contributed by atoms with E-state index in [1.807, 2.05) is 18.4 Å². The number of nitrogens with zero attached hydrogens (tertiary/aromatic N) is 3. The van der Waals surface area contributed by atoms with Gasteiger partial charge in [0.25, 0.3) is 0 Å². The minimum atomic E-state index is -0.323. The number of aromatic nitrogens is 2. The van der Waals surface area contributed by atoms with Crippen LogP contribution in [0.25, 0.3) is 10.2 Å². The van der Waals surface area contributed by atoms with E-state index >= 15 is 0 Å². The summed E-state index contributed by atoms with van der Waals surface area (Å²) in [5, 5.41) is 16.8. The minimum absolute atomic E-state index is 0.102. The molecule has 1 amide bonds. The van der Waals surface area contributed by atoms with E-state index in [1.165, 1.54) is 29.4 Å². The van der Waals surface area contributed by atoms with Crippen molar-refractivity contribution in [3.63, 3.8) is 0 Å². The van der Waals surface area contributed by atoms with E-state index in [2.05, 4.69) is 21.4 Å². The smallest absolute Gasteiger partial charge is 0.238 e. The lowest BCUT2D eigenvalue weighted by atomic mass is 10.1. The van der Waals surface area contributed by atoms with Crippen molar-refractivity contribution in [3.05, 3.63) is 33.8 Å². The summed E-state index contributed by atoms with van der Waals surface area (Å²) in [6, 6.07) is 4.30. The minimum Gasteiger partial charge on any atom is -0.316 e. The van der Waals surface area contributed by atoms with Gasteiger partial charge in [0.1, 0.15) is 27.3 Å². The Kier molecular flexibility index (Phi) is 5.43. The first kappa shape index (κ1) is 18.4. The molecule has 0 radical (unpaired) electrons. The summed E-state index contributed by atoms with van der Waals surface area (Å²) in [6.45, 7) is 1.87. The van der Waals surface area contributed by atoms with Crippen molar-refractivity contribution in [2.24, 2.45) is 0 Å². The maximum Gasteiger partial charge on any atom is 0.238 e. The Morgan fingerprint density at radius 1 is 1.33 bits per heavy atom. The van der Waals surface area contributed by atoms with Crippen molar-refractivity contribution in [2.75, 3.05) is 5.32 Å². The number of rotatable bonds is 4. The molecule has 1 atom stereocenters. The van der Waals surface area contributed by atoms with Crippen LogP contribution in [-0.2, 0) is 17.6 Å². The highest BCUT2D eigenvalue weighted by atomic mass is 32.2. The van der Waals surface area contributed by atoms with Gasteiger partial charge in [-0.05, 0) is 49.6 Å². The molecule has 0 aromatic carbocycles. The normalized spacial score (nSPS) is 15.0. The van der Waals surface area contributed by atoms with Gasteiger partial charge in [-0.15, -0.1) is 22.7 Å². The molecule has 3 heterocycles. The average Bonchev–Trinajstić information content (AvgIpc) is 3.20. The zero-order valence-corrected chi connectivity index (χ0v) is 17.3. The van der Waals surface area contributed by atoms with Crippen molar-refractivity contribution in [2.45, 2.75) is 49.3 Å². The maximum atomic E-state index is 12.8. The Hall–Kier alpha value is -1.95. The fraction of sp³-hybridized carbons (Fsp3) is 0.368. The Morgan fingerprint density at radius 2 is 2.19 bits per heavy atom. The fourth-order valence-corrected chi connectivity index (χ4v) is 6.19. The first-order valence-electron chi connectivity index (χ1n) is 8.87. The van der Waals surface area contributed by atoms with Crippen LogP contribution in [0.1, 0.15) is 42.2 Å². The van der Waals surface area contributed by atoms with E-state index in [-0.39, 0.29) is 11.2 Å². The van der Waals surface area contributed by atoms with Gasteiger partial charge >= 0.3 is 0 Å². The molecule has 0 spiro atoms. The second-order valence-corrected chi connectivity index (χ2v) is 9.78. The molecule has 0 aliphatic heterocycles. The SMILES string of the molecule is CC(Sc1ncnc2sccc12)C(=O)Nc1sc2c(c1C#N)CCCCC2. The van der Waals surface area contributed by atoms with Gasteiger partial charge in [-0.1, -0.05) is 18.2 Å². The lowest BCUT2D eigenvalue weighted by Gasteiger charge is -2.11. The van der Waals surface area contributed by atoms with Crippen LogP contribution in [0, 0.1) is 11.3 Å². The molecular formula is C19H18N4OS3. The highest BCUT2D eigenvalue weighted by molar-refractivity contribution is 8.00. The van der Waals surface area contributed by atoms with Gasteiger partial charge in [-0.25, -0.2) is 9.97 Å². The quantitative estimate of drug-likeness (QED) is 0.369. The van der Waals surface area contributed by atoms with E-state index < -0.39 is 0 Å². The molecule has 3 aromatic rings. The number of nitriles is 1. The van der Waals surface area contributed by atoms with Crippen molar-refractivity contribution in [1.82, 2.24) is 9.97 Å². The Labute approximate surface area is 169 Å². The number of anilines is 1. The van der Waals surface area contributed by atoms with Crippen LogP contribution in [-0.4, -0.2) is 21.1 Å². The highest BCUT2D eigenvalue weighted by Gasteiger charge is 2.23. The lowest BCUT2D eigenvalue weighted by Crippen LogP contribution is -2.22. The molecule has 0 bridgehead atoms. The number of thiophene rings is 2. The fourth-order valence-electron chi connectivity index (χ4n) is 3.24. The molecule has 0 saturated heterocycles. The van der Waals surface area contributed by atoms with Crippen molar-refractivity contribution >= 4 is 55.6 Å². The largest absolute Gasteiger partial charge is 0.316 e. The molecule has 138 valence electrons. The number of hydrogen-bond donors (Lipinski definition) is 1. The third kappa shape index (κ3) is 3.72. The molecular weight excluding hydrogens is 396 g/mol. The summed E-state index contributed by atoms with van der Waals surface area (Å²) in [7, 11) is 0. The predicted molar refractivity (Wildman–Crippen MR) is 112 cm³/mol. The number of fused-ring (bicyclic) bond motifs is 2. The van der Waals surface area contributed by atoms with Crippen molar-refractivity contribution in [3.8, 4) is 6.07 Å². The molecule has 5 nitrogen and oxygen atoms in total. The summed E-state index contributed by atoms with van der Waals surface area (Å²) < 4.78 is 0. The number of hydrogen-bond acceptors (Lipinski definition) is 7. The van der Waals surface area contributed by atoms with Crippen molar-refractivity contribution < 1.29 is 4.79 Å². The number of aryl methyl sites for hydroxylation is 1. The predicted octanol–water partition coefficient (Wildman–Crippen LogP) is 5.01. The van der Waals surface area contributed by atoms with Gasteiger partial charge < -0.3 is 5.32 Å². The van der Waals surface area contributed by atoms with Gasteiger partial charge in [-0.2, -0.15) is 5.26 Å². The Balaban J connectivity index is 1.52. The van der Waals surface area contributed by atoms with Gasteiger partial charge in [0.2, 0.25) is 5.91 Å². The monoisotopic (exact) mass is 414 g/mol. The summed E-state index contributed by atoms with van der Waals surface area (Å²) in [5.41, 5.74) is 1.80. The number of amides is 1. The highest BCUT2D eigenvalue weighted by Crippen LogP contribution is 2.38. The average molecular weight is 415 g/mol. The Morgan fingerprint density at radius 3 is 3.04 bits per heavy atom. The first-order chi connectivity index (χ1) is 13.2. The molecule has 1 unspecified atom stereocenters. The van der Waals surface area contributed by atoms with E-state index in [4.69, 9.17) is 0 Å². The van der Waals surface area contributed by atoms with Gasteiger partial charge in [-0.3, -0.25) is 4.79 Å². The van der Waals surface area contributed by atoms with E-state index in [1.54, 1.807) is 22.7 Å². The number of thioether (sulfide) groups is 1. The van der Waals surface area contributed by atoms with E-state index in [0.29, 0.717) is 10.6 Å². The van der Waals surface area contributed by atoms with Crippen LogP contribution in [0.2, 0.25) is 0 Å². The molecule has 1 N–H and O–H groups in total. The number of carbonyl (C=O) groups is 1. The van der Waals surface area contributed by atoms with Crippen LogP contribution in [0.5, 0.6) is 0 Å². The molecule has 0 fully saturated rings. The summed E-state index contributed by atoms with van der Waals surface area (Å²) in [6.07, 6.45) is 6.95. The maximum absolute atomic E-state index is 12.8. The van der Waals surface area contributed by atoms with Gasteiger partial charge in [0.15, 0.2) is 0 Å². The third-order valence-electron chi connectivity index (χ3n) is 4.65. The van der Waals surface area contributed by atoms with Gasteiger partial charge in [0, 0.05) is 10.3 Å². The molecule has 27 heavy (non-hydrogen) atoms. The molecule has 1 aliphatic rings. The zero-order chi connectivity index (χ0) is 18.8. The number of carbonyl (C=O) groups excluding carboxylic acids is 1. The zero-order valence-electron chi connectivity index (χ0n) is 14.8. The molecule has 0 saturated carbocycles. The molecule has 4 rings (SSSR count). The van der Waals surface area contributed by atoms with Crippen LogP contribution in [0.15, 0.2) is 22.8 Å². The Bertz CT molecular complexity index is 1030. The molecule has 1 aliphatic carbocycles. The summed E-state index contributed by atoms with van der Waals surface area (Å²) in [4.78, 5) is 23.5. The molecule has 3 aromatic heterocycles. The molecule has 8 heteroatoms. The van der Waals surface area contributed by atoms with Crippen LogP contribution in [0.3, 0.4) is 0 Å². The number of nitrogens with one attached hydrogen (secondary N) is 1. The summed E-state index contributed by atoms with van der Waals surface area (Å²) in [5.74, 6) is -0.102.